The number of hydrogen-bond donors (Lipinski definition) is 0. The van der Waals surface area contributed by atoms with Gasteiger partial charge in [0.25, 0.3) is 0 Å². The maximum Gasteiger partial charge on any atom is 0.137 e. The van der Waals surface area contributed by atoms with Crippen LogP contribution in [-0.4, -0.2) is 23.5 Å². The van der Waals surface area contributed by atoms with Crippen molar-refractivity contribution in [2.45, 2.75) is 13.3 Å². The number of allylic oxidation sites excluding steroid dienone is 1. The van der Waals surface area contributed by atoms with Gasteiger partial charge in [0, 0.05) is 37.7 Å². The SMILES string of the molecule is C=CCc1cn2cc(-c3ccc(N(C)C)cc3)nc2cc1C. The molecule has 22 heavy (non-hydrogen) atoms. The molecule has 0 aliphatic heterocycles. The Hall–Kier alpha value is -2.55. The number of rotatable bonds is 4. The average molecular weight is 291 g/mol. The first-order chi connectivity index (χ1) is 10.6. The van der Waals surface area contributed by atoms with Crippen LogP contribution in [0.3, 0.4) is 0 Å². The van der Waals surface area contributed by atoms with E-state index in [-0.39, 0.29) is 0 Å². The van der Waals surface area contributed by atoms with Crippen molar-refractivity contribution in [3.63, 3.8) is 0 Å². The van der Waals surface area contributed by atoms with Gasteiger partial charge in [0.1, 0.15) is 5.65 Å². The van der Waals surface area contributed by atoms with Crippen LogP contribution in [0.1, 0.15) is 11.1 Å². The first-order valence-electron chi connectivity index (χ1n) is 7.45. The predicted octanol–water partition coefficient (Wildman–Crippen LogP) is 4.10. The molecule has 3 aromatic rings. The van der Waals surface area contributed by atoms with Gasteiger partial charge in [-0.1, -0.05) is 18.2 Å². The zero-order chi connectivity index (χ0) is 15.7. The van der Waals surface area contributed by atoms with Gasteiger partial charge in [-0.05, 0) is 42.7 Å². The van der Waals surface area contributed by atoms with E-state index < -0.39 is 0 Å². The molecule has 0 aliphatic rings. The quantitative estimate of drug-likeness (QED) is 0.674. The molecule has 0 atom stereocenters. The summed E-state index contributed by atoms with van der Waals surface area (Å²) in [5.74, 6) is 0. The molecule has 3 rings (SSSR count). The van der Waals surface area contributed by atoms with E-state index in [2.05, 4.69) is 65.5 Å². The van der Waals surface area contributed by atoms with Crippen molar-refractivity contribution in [3.05, 3.63) is 66.5 Å². The van der Waals surface area contributed by atoms with Crippen molar-refractivity contribution in [1.82, 2.24) is 9.38 Å². The molecule has 2 aromatic heterocycles. The lowest BCUT2D eigenvalue weighted by molar-refractivity contribution is 1.09. The molecule has 2 heterocycles. The molecule has 0 N–H and O–H groups in total. The van der Waals surface area contributed by atoms with E-state index in [1.165, 1.54) is 16.8 Å². The van der Waals surface area contributed by atoms with Crippen molar-refractivity contribution in [3.8, 4) is 11.3 Å². The summed E-state index contributed by atoms with van der Waals surface area (Å²) in [4.78, 5) is 6.84. The van der Waals surface area contributed by atoms with Crippen LogP contribution in [0.15, 0.2) is 55.4 Å². The van der Waals surface area contributed by atoms with Gasteiger partial charge >= 0.3 is 0 Å². The van der Waals surface area contributed by atoms with Gasteiger partial charge in [-0.15, -0.1) is 6.58 Å². The predicted molar refractivity (Wildman–Crippen MR) is 93.6 cm³/mol. The monoisotopic (exact) mass is 291 g/mol. The van der Waals surface area contributed by atoms with E-state index in [1.807, 2.05) is 20.2 Å². The number of aromatic nitrogens is 2. The summed E-state index contributed by atoms with van der Waals surface area (Å²) in [6, 6.07) is 10.6. The third-order valence-electron chi connectivity index (χ3n) is 3.95. The van der Waals surface area contributed by atoms with Crippen LogP contribution >= 0.6 is 0 Å². The van der Waals surface area contributed by atoms with Crippen LogP contribution in [-0.2, 0) is 6.42 Å². The van der Waals surface area contributed by atoms with E-state index >= 15 is 0 Å². The molecule has 0 fully saturated rings. The second-order valence-corrected chi connectivity index (χ2v) is 5.81. The fraction of sp³-hybridized carbons (Fsp3) is 0.211. The average Bonchev–Trinajstić information content (AvgIpc) is 2.90. The standard InChI is InChI=1S/C19H21N3/c1-5-6-16-12-22-13-18(20-19(22)11-14(16)2)15-7-9-17(10-8-15)21(3)4/h5,7-13H,1,6H2,2-4H3. The van der Waals surface area contributed by atoms with E-state index in [1.54, 1.807) is 0 Å². The minimum Gasteiger partial charge on any atom is -0.378 e. The minimum atomic E-state index is 0.882. The van der Waals surface area contributed by atoms with E-state index in [0.717, 1.165) is 23.3 Å². The van der Waals surface area contributed by atoms with E-state index in [4.69, 9.17) is 4.98 Å². The Balaban J connectivity index is 2.02. The number of pyridine rings is 1. The molecule has 3 heteroatoms. The van der Waals surface area contributed by atoms with Crippen LogP contribution < -0.4 is 4.90 Å². The number of anilines is 1. The Morgan fingerprint density at radius 3 is 2.55 bits per heavy atom. The Bertz CT molecular complexity index is 811. The molecule has 0 amide bonds. The zero-order valence-corrected chi connectivity index (χ0v) is 13.4. The number of imidazole rings is 1. The van der Waals surface area contributed by atoms with Gasteiger partial charge in [0.2, 0.25) is 0 Å². The Kier molecular flexibility index (Phi) is 3.72. The van der Waals surface area contributed by atoms with Crippen molar-refractivity contribution < 1.29 is 0 Å². The van der Waals surface area contributed by atoms with Crippen molar-refractivity contribution in [1.29, 1.82) is 0 Å². The number of nitrogens with zero attached hydrogens (tertiary/aromatic N) is 3. The minimum absolute atomic E-state index is 0.882. The first-order valence-corrected chi connectivity index (χ1v) is 7.45. The smallest absolute Gasteiger partial charge is 0.137 e. The number of fused-ring (bicyclic) bond motifs is 1. The van der Waals surface area contributed by atoms with Crippen molar-refractivity contribution in [2.24, 2.45) is 0 Å². The fourth-order valence-electron chi connectivity index (χ4n) is 2.61. The molecule has 112 valence electrons. The van der Waals surface area contributed by atoms with Gasteiger partial charge in [-0.25, -0.2) is 4.98 Å². The van der Waals surface area contributed by atoms with Gasteiger partial charge < -0.3 is 9.30 Å². The summed E-state index contributed by atoms with van der Waals surface area (Å²) in [5, 5.41) is 0. The summed E-state index contributed by atoms with van der Waals surface area (Å²) < 4.78 is 2.10. The summed E-state index contributed by atoms with van der Waals surface area (Å²) in [7, 11) is 4.09. The lowest BCUT2D eigenvalue weighted by atomic mass is 10.1. The van der Waals surface area contributed by atoms with E-state index in [0.29, 0.717) is 0 Å². The molecule has 0 unspecified atom stereocenters. The molecule has 0 radical (unpaired) electrons. The number of hydrogen-bond acceptors (Lipinski definition) is 2. The zero-order valence-electron chi connectivity index (χ0n) is 13.4. The largest absolute Gasteiger partial charge is 0.378 e. The Morgan fingerprint density at radius 2 is 1.91 bits per heavy atom. The van der Waals surface area contributed by atoms with Crippen molar-refractivity contribution >= 4 is 11.3 Å². The van der Waals surface area contributed by atoms with Crippen LogP contribution in [0, 0.1) is 6.92 Å². The molecule has 3 nitrogen and oxygen atoms in total. The molecular weight excluding hydrogens is 270 g/mol. The maximum absolute atomic E-state index is 4.74. The highest BCUT2D eigenvalue weighted by Gasteiger charge is 2.07. The maximum atomic E-state index is 4.74. The van der Waals surface area contributed by atoms with Gasteiger partial charge in [0.15, 0.2) is 0 Å². The van der Waals surface area contributed by atoms with Gasteiger partial charge in [-0.3, -0.25) is 0 Å². The fourth-order valence-corrected chi connectivity index (χ4v) is 2.61. The number of benzene rings is 1. The van der Waals surface area contributed by atoms with Crippen LogP contribution in [0.25, 0.3) is 16.9 Å². The molecular formula is C19H21N3. The second kappa shape index (κ2) is 5.68. The molecule has 0 aliphatic carbocycles. The van der Waals surface area contributed by atoms with Gasteiger partial charge in [-0.2, -0.15) is 0 Å². The lowest BCUT2D eigenvalue weighted by Crippen LogP contribution is -2.07. The highest BCUT2D eigenvalue weighted by atomic mass is 15.1. The number of aryl methyl sites for hydroxylation is 1. The first kappa shape index (κ1) is 14.4. The van der Waals surface area contributed by atoms with Crippen molar-refractivity contribution in [2.75, 3.05) is 19.0 Å². The van der Waals surface area contributed by atoms with Crippen LogP contribution in [0.4, 0.5) is 5.69 Å². The molecule has 0 bridgehead atoms. The summed E-state index contributed by atoms with van der Waals surface area (Å²) in [6.07, 6.45) is 7.06. The van der Waals surface area contributed by atoms with Crippen LogP contribution in [0.2, 0.25) is 0 Å². The lowest BCUT2D eigenvalue weighted by Gasteiger charge is -2.12. The Labute approximate surface area is 131 Å². The Morgan fingerprint density at radius 1 is 1.18 bits per heavy atom. The highest BCUT2D eigenvalue weighted by molar-refractivity contribution is 5.65. The summed E-state index contributed by atoms with van der Waals surface area (Å²) in [5.41, 5.74) is 6.85. The normalized spacial score (nSPS) is 10.9. The molecule has 0 saturated heterocycles. The molecule has 0 saturated carbocycles. The third kappa shape index (κ3) is 2.62. The second-order valence-electron chi connectivity index (χ2n) is 5.81. The molecule has 0 spiro atoms. The van der Waals surface area contributed by atoms with Gasteiger partial charge in [0.05, 0.1) is 5.69 Å². The summed E-state index contributed by atoms with van der Waals surface area (Å²) >= 11 is 0. The molecule has 1 aromatic carbocycles. The topological polar surface area (TPSA) is 20.5 Å². The van der Waals surface area contributed by atoms with Crippen LogP contribution in [0.5, 0.6) is 0 Å². The third-order valence-corrected chi connectivity index (χ3v) is 3.95. The highest BCUT2D eigenvalue weighted by Crippen LogP contribution is 2.23. The van der Waals surface area contributed by atoms with E-state index in [9.17, 15) is 0 Å². The summed E-state index contributed by atoms with van der Waals surface area (Å²) in [6.45, 7) is 5.95.